The van der Waals surface area contributed by atoms with E-state index in [1.165, 1.54) is 5.56 Å². The SMILES string of the molecule is CC.CC.CCCC(=O)NCCCCCCC(=O)Nc1ccc(CC)cc1. The lowest BCUT2D eigenvalue weighted by Crippen LogP contribution is -2.23. The molecule has 0 saturated heterocycles. The Morgan fingerprint density at radius 3 is 1.93 bits per heavy atom. The van der Waals surface area contributed by atoms with Crippen molar-refractivity contribution in [3.05, 3.63) is 29.8 Å². The van der Waals surface area contributed by atoms with Gasteiger partial charge in [-0.2, -0.15) is 0 Å². The van der Waals surface area contributed by atoms with Crippen LogP contribution in [0.15, 0.2) is 24.3 Å². The van der Waals surface area contributed by atoms with Gasteiger partial charge in [0.25, 0.3) is 0 Å². The van der Waals surface area contributed by atoms with Crippen molar-refractivity contribution in [2.24, 2.45) is 0 Å². The fourth-order valence-electron chi connectivity index (χ4n) is 2.35. The average molecular weight is 379 g/mol. The van der Waals surface area contributed by atoms with Crippen LogP contribution < -0.4 is 10.6 Å². The van der Waals surface area contributed by atoms with Crippen LogP contribution in [0.3, 0.4) is 0 Å². The monoisotopic (exact) mass is 378 g/mol. The van der Waals surface area contributed by atoms with Crippen molar-refractivity contribution in [2.45, 2.75) is 92.9 Å². The first-order chi connectivity index (χ1) is 13.2. The lowest BCUT2D eigenvalue weighted by atomic mass is 10.1. The van der Waals surface area contributed by atoms with Gasteiger partial charge in [-0.3, -0.25) is 9.59 Å². The molecule has 1 aromatic rings. The van der Waals surface area contributed by atoms with Gasteiger partial charge in [0.2, 0.25) is 11.8 Å². The third kappa shape index (κ3) is 16.1. The highest BCUT2D eigenvalue weighted by Crippen LogP contribution is 2.11. The number of amides is 2. The molecule has 0 aromatic heterocycles. The average Bonchev–Trinajstić information content (AvgIpc) is 2.71. The summed E-state index contributed by atoms with van der Waals surface area (Å²) in [6.45, 7) is 12.9. The van der Waals surface area contributed by atoms with Crippen LogP contribution in [-0.4, -0.2) is 18.4 Å². The van der Waals surface area contributed by atoms with Crippen LogP contribution in [0.25, 0.3) is 0 Å². The second-order valence-corrected chi connectivity index (χ2v) is 5.86. The number of carbonyl (C=O) groups is 2. The van der Waals surface area contributed by atoms with Crippen molar-refractivity contribution in [2.75, 3.05) is 11.9 Å². The Bertz CT molecular complexity index is 470. The molecule has 0 unspecified atom stereocenters. The molecule has 2 amide bonds. The standard InChI is InChI=1S/C19H30N2O2.2C2H6/c1-3-9-18(22)20-15-8-6-5-7-10-19(23)21-17-13-11-16(4-2)12-14-17;2*1-2/h11-14H,3-10,15H2,1-2H3,(H,20,22)(H,21,23);2*1-2H3. The molecule has 0 aliphatic carbocycles. The zero-order valence-corrected chi connectivity index (χ0v) is 18.5. The topological polar surface area (TPSA) is 58.2 Å². The Balaban J connectivity index is 0. The van der Waals surface area contributed by atoms with Crippen molar-refractivity contribution in [3.8, 4) is 0 Å². The minimum Gasteiger partial charge on any atom is -0.356 e. The first-order valence-electron chi connectivity index (χ1n) is 10.8. The van der Waals surface area contributed by atoms with Crippen molar-refractivity contribution < 1.29 is 9.59 Å². The molecule has 0 bridgehead atoms. The van der Waals surface area contributed by atoms with Gasteiger partial charge in [0, 0.05) is 25.1 Å². The maximum Gasteiger partial charge on any atom is 0.224 e. The van der Waals surface area contributed by atoms with Crippen molar-refractivity contribution in [1.29, 1.82) is 0 Å². The summed E-state index contributed by atoms with van der Waals surface area (Å²) in [6, 6.07) is 8.00. The molecule has 0 atom stereocenters. The van der Waals surface area contributed by atoms with Gasteiger partial charge in [-0.05, 0) is 43.4 Å². The summed E-state index contributed by atoms with van der Waals surface area (Å²) in [4.78, 5) is 23.1. The molecule has 0 fully saturated rings. The molecule has 4 nitrogen and oxygen atoms in total. The van der Waals surface area contributed by atoms with Gasteiger partial charge in [-0.25, -0.2) is 0 Å². The molecule has 0 aliphatic heterocycles. The fraction of sp³-hybridized carbons (Fsp3) is 0.652. The molecule has 0 spiro atoms. The molecular formula is C23H42N2O2. The van der Waals surface area contributed by atoms with Gasteiger partial charge in [0.1, 0.15) is 0 Å². The highest BCUT2D eigenvalue weighted by molar-refractivity contribution is 5.90. The Morgan fingerprint density at radius 2 is 1.37 bits per heavy atom. The molecule has 4 heteroatoms. The zero-order chi connectivity index (χ0) is 20.9. The zero-order valence-electron chi connectivity index (χ0n) is 18.5. The predicted molar refractivity (Wildman–Crippen MR) is 118 cm³/mol. The first kappa shape index (κ1) is 27.4. The van der Waals surface area contributed by atoms with E-state index in [0.717, 1.165) is 50.8 Å². The third-order valence-corrected chi connectivity index (χ3v) is 3.78. The number of nitrogens with one attached hydrogen (secondary N) is 2. The maximum atomic E-state index is 11.8. The van der Waals surface area contributed by atoms with E-state index in [1.807, 2.05) is 58.9 Å². The van der Waals surface area contributed by atoms with Crippen LogP contribution in [0.2, 0.25) is 0 Å². The Morgan fingerprint density at radius 1 is 0.778 bits per heavy atom. The van der Waals surface area contributed by atoms with E-state index in [1.54, 1.807) is 0 Å². The van der Waals surface area contributed by atoms with Crippen LogP contribution >= 0.6 is 0 Å². The van der Waals surface area contributed by atoms with E-state index in [2.05, 4.69) is 17.6 Å². The molecule has 0 saturated carbocycles. The maximum absolute atomic E-state index is 11.8. The fourth-order valence-corrected chi connectivity index (χ4v) is 2.35. The second kappa shape index (κ2) is 20.5. The number of rotatable bonds is 11. The number of aryl methyl sites for hydroxylation is 1. The number of anilines is 1. The summed E-state index contributed by atoms with van der Waals surface area (Å²) in [7, 11) is 0. The summed E-state index contributed by atoms with van der Waals surface area (Å²) in [6.07, 6.45) is 7.00. The van der Waals surface area contributed by atoms with E-state index in [4.69, 9.17) is 0 Å². The number of carbonyl (C=O) groups excluding carboxylic acids is 2. The Hall–Kier alpha value is -1.84. The number of hydrogen-bond acceptors (Lipinski definition) is 2. The summed E-state index contributed by atoms with van der Waals surface area (Å²) in [5.74, 6) is 0.214. The minimum atomic E-state index is 0.0745. The minimum absolute atomic E-state index is 0.0745. The van der Waals surface area contributed by atoms with Gasteiger partial charge in [0.05, 0.1) is 0 Å². The second-order valence-electron chi connectivity index (χ2n) is 5.86. The summed E-state index contributed by atoms with van der Waals surface area (Å²) in [5, 5.41) is 5.84. The van der Waals surface area contributed by atoms with Crippen LogP contribution in [0.4, 0.5) is 5.69 Å². The summed E-state index contributed by atoms with van der Waals surface area (Å²) >= 11 is 0. The third-order valence-electron chi connectivity index (χ3n) is 3.78. The lowest BCUT2D eigenvalue weighted by Gasteiger charge is -2.06. The van der Waals surface area contributed by atoms with Gasteiger partial charge < -0.3 is 10.6 Å². The van der Waals surface area contributed by atoms with Crippen molar-refractivity contribution >= 4 is 17.5 Å². The van der Waals surface area contributed by atoms with Crippen molar-refractivity contribution in [3.63, 3.8) is 0 Å². The van der Waals surface area contributed by atoms with Gasteiger partial charge >= 0.3 is 0 Å². The highest BCUT2D eigenvalue weighted by atomic mass is 16.2. The largest absolute Gasteiger partial charge is 0.356 e. The highest BCUT2D eigenvalue weighted by Gasteiger charge is 2.03. The van der Waals surface area contributed by atoms with E-state index < -0.39 is 0 Å². The molecule has 1 rings (SSSR count). The van der Waals surface area contributed by atoms with Crippen LogP contribution in [-0.2, 0) is 16.0 Å². The Kier molecular flexibility index (Phi) is 20.8. The first-order valence-corrected chi connectivity index (χ1v) is 10.8. The normalized spacial score (nSPS) is 9.26. The summed E-state index contributed by atoms with van der Waals surface area (Å²) in [5.41, 5.74) is 2.14. The van der Waals surface area contributed by atoms with E-state index in [-0.39, 0.29) is 11.8 Å². The van der Waals surface area contributed by atoms with Crippen LogP contribution in [0.5, 0.6) is 0 Å². The molecule has 2 N–H and O–H groups in total. The molecule has 0 aliphatic rings. The van der Waals surface area contributed by atoms with Gasteiger partial charge in [-0.15, -0.1) is 0 Å². The number of hydrogen-bond donors (Lipinski definition) is 2. The van der Waals surface area contributed by atoms with Crippen molar-refractivity contribution in [1.82, 2.24) is 5.32 Å². The molecule has 0 radical (unpaired) electrons. The van der Waals surface area contributed by atoms with E-state index >= 15 is 0 Å². The lowest BCUT2D eigenvalue weighted by molar-refractivity contribution is -0.121. The van der Waals surface area contributed by atoms with Crippen LogP contribution in [0, 0.1) is 0 Å². The molecule has 0 heterocycles. The molecule has 27 heavy (non-hydrogen) atoms. The Labute approximate surface area is 167 Å². The van der Waals surface area contributed by atoms with Gasteiger partial charge in [0.15, 0.2) is 0 Å². The molecule has 1 aromatic carbocycles. The van der Waals surface area contributed by atoms with E-state index in [9.17, 15) is 9.59 Å². The smallest absolute Gasteiger partial charge is 0.224 e. The molecular weight excluding hydrogens is 336 g/mol. The predicted octanol–water partition coefficient (Wildman–Crippen LogP) is 6.11. The quantitative estimate of drug-likeness (QED) is 0.457. The van der Waals surface area contributed by atoms with Crippen LogP contribution in [0.1, 0.15) is 92.1 Å². The van der Waals surface area contributed by atoms with Gasteiger partial charge in [-0.1, -0.05) is 66.5 Å². The number of benzene rings is 1. The number of unbranched alkanes of at least 4 members (excludes halogenated alkanes) is 3. The van der Waals surface area contributed by atoms with E-state index in [0.29, 0.717) is 12.8 Å². The molecule has 156 valence electrons. The summed E-state index contributed by atoms with van der Waals surface area (Å²) < 4.78 is 0.